The summed E-state index contributed by atoms with van der Waals surface area (Å²) in [5.41, 5.74) is 1.97. The third-order valence-electron chi connectivity index (χ3n) is 2.68. The van der Waals surface area contributed by atoms with Crippen molar-refractivity contribution in [2.75, 3.05) is 5.01 Å². The summed E-state index contributed by atoms with van der Waals surface area (Å²) < 4.78 is 0. The first-order chi connectivity index (χ1) is 7.63. The molecule has 0 spiro atoms. The van der Waals surface area contributed by atoms with Crippen LogP contribution in [0.1, 0.15) is 19.4 Å². The number of nitrogens with zero attached hydrogens (tertiary/aromatic N) is 3. The van der Waals surface area contributed by atoms with Crippen molar-refractivity contribution in [3.8, 4) is 6.07 Å². The van der Waals surface area contributed by atoms with Crippen molar-refractivity contribution in [1.82, 2.24) is 0 Å². The second kappa shape index (κ2) is 3.78. The maximum Gasteiger partial charge on any atom is 0.255 e. The molecule has 0 aromatic heterocycles. The van der Waals surface area contributed by atoms with Crippen LogP contribution in [0.4, 0.5) is 5.69 Å². The van der Waals surface area contributed by atoms with Gasteiger partial charge in [0.1, 0.15) is 0 Å². The number of nitriles is 1. The summed E-state index contributed by atoms with van der Waals surface area (Å²) in [7, 11) is 0. The summed E-state index contributed by atoms with van der Waals surface area (Å²) in [5.74, 6) is -0.224. The van der Waals surface area contributed by atoms with Gasteiger partial charge in [-0.3, -0.25) is 4.79 Å². The summed E-state index contributed by atoms with van der Waals surface area (Å²) in [6, 6.07) is 8.92. The van der Waals surface area contributed by atoms with Gasteiger partial charge in [-0.25, -0.2) is 5.01 Å². The van der Waals surface area contributed by atoms with Crippen LogP contribution in [-0.4, -0.2) is 11.6 Å². The van der Waals surface area contributed by atoms with E-state index in [1.165, 1.54) is 5.01 Å². The predicted molar refractivity (Wildman–Crippen MR) is 60.9 cm³/mol. The lowest BCUT2D eigenvalue weighted by atomic mass is 10.1. The SMILES string of the molecule is CC1=NN(c2cccc(C#N)c2)C(=O)C1C. The predicted octanol–water partition coefficient (Wildman–Crippen LogP) is 1.92. The molecule has 0 radical (unpaired) electrons. The molecule has 4 heteroatoms. The number of carbonyl (C=O) groups excluding carboxylic acids is 1. The van der Waals surface area contributed by atoms with Crippen LogP contribution in [0.5, 0.6) is 0 Å². The van der Waals surface area contributed by atoms with Crippen LogP contribution in [-0.2, 0) is 4.79 Å². The van der Waals surface area contributed by atoms with Gasteiger partial charge in [-0.1, -0.05) is 6.07 Å². The molecule has 1 atom stereocenters. The van der Waals surface area contributed by atoms with Gasteiger partial charge in [-0.15, -0.1) is 0 Å². The summed E-state index contributed by atoms with van der Waals surface area (Å²) in [5, 5.41) is 14.3. The van der Waals surface area contributed by atoms with Crippen LogP contribution >= 0.6 is 0 Å². The average Bonchev–Trinajstić information content (AvgIpc) is 2.57. The van der Waals surface area contributed by atoms with Gasteiger partial charge in [0.25, 0.3) is 5.91 Å². The molecule has 0 fully saturated rings. The minimum Gasteiger partial charge on any atom is -0.272 e. The number of carbonyl (C=O) groups is 1. The fraction of sp³-hybridized carbons (Fsp3) is 0.250. The zero-order valence-corrected chi connectivity index (χ0v) is 9.14. The number of hydrogen-bond acceptors (Lipinski definition) is 3. The van der Waals surface area contributed by atoms with E-state index in [4.69, 9.17) is 5.26 Å². The Balaban J connectivity index is 2.40. The third-order valence-corrected chi connectivity index (χ3v) is 2.68. The molecule has 1 aliphatic rings. The Morgan fingerprint density at radius 1 is 1.50 bits per heavy atom. The smallest absolute Gasteiger partial charge is 0.255 e. The Hall–Kier alpha value is -2.15. The van der Waals surface area contributed by atoms with Crippen molar-refractivity contribution in [2.45, 2.75) is 13.8 Å². The average molecular weight is 213 g/mol. The van der Waals surface area contributed by atoms with Gasteiger partial charge in [0.05, 0.1) is 23.2 Å². The van der Waals surface area contributed by atoms with Crippen molar-refractivity contribution >= 4 is 17.3 Å². The Morgan fingerprint density at radius 2 is 2.25 bits per heavy atom. The van der Waals surface area contributed by atoms with E-state index < -0.39 is 0 Å². The Kier molecular flexibility index (Phi) is 2.45. The molecule has 1 heterocycles. The van der Waals surface area contributed by atoms with Crippen molar-refractivity contribution in [1.29, 1.82) is 5.26 Å². The molecule has 1 amide bonds. The molecule has 1 unspecified atom stereocenters. The second-order valence-corrected chi connectivity index (χ2v) is 3.78. The van der Waals surface area contributed by atoms with Crippen LogP contribution < -0.4 is 5.01 Å². The van der Waals surface area contributed by atoms with Crippen molar-refractivity contribution < 1.29 is 4.79 Å². The van der Waals surface area contributed by atoms with E-state index in [0.717, 1.165) is 5.71 Å². The molecular weight excluding hydrogens is 202 g/mol. The van der Waals surface area contributed by atoms with Crippen molar-refractivity contribution in [3.63, 3.8) is 0 Å². The standard InChI is InChI=1S/C12H11N3O/c1-8-9(2)14-15(12(8)16)11-5-3-4-10(6-11)7-13/h3-6,8H,1-2H3. The molecule has 2 rings (SSSR count). The quantitative estimate of drug-likeness (QED) is 0.715. The molecule has 0 N–H and O–H groups in total. The van der Waals surface area contributed by atoms with E-state index >= 15 is 0 Å². The highest BCUT2D eigenvalue weighted by molar-refractivity contribution is 6.14. The number of benzene rings is 1. The molecule has 0 bridgehead atoms. The summed E-state index contributed by atoms with van der Waals surface area (Å²) in [6.45, 7) is 3.66. The zero-order chi connectivity index (χ0) is 11.7. The van der Waals surface area contributed by atoms with E-state index in [9.17, 15) is 4.79 Å². The fourth-order valence-corrected chi connectivity index (χ4v) is 1.55. The van der Waals surface area contributed by atoms with Gasteiger partial charge in [-0.05, 0) is 32.0 Å². The molecule has 1 aliphatic heterocycles. The number of rotatable bonds is 1. The van der Waals surface area contributed by atoms with E-state index in [0.29, 0.717) is 11.3 Å². The van der Waals surface area contributed by atoms with Crippen LogP contribution in [0, 0.1) is 17.2 Å². The van der Waals surface area contributed by atoms with E-state index in [-0.39, 0.29) is 11.8 Å². The Morgan fingerprint density at radius 3 is 2.81 bits per heavy atom. The molecule has 0 saturated carbocycles. The zero-order valence-electron chi connectivity index (χ0n) is 9.14. The number of hydrazone groups is 1. The van der Waals surface area contributed by atoms with Crippen LogP contribution in [0.15, 0.2) is 29.4 Å². The lowest BCUT2D eigenvalue weighted by molar-refractivity contribution is -0.119. The number of hydrogen-bond donors (Lipinski definition) is 0. The Bertz CT molecular complexity index is 513. The van der Waals surface area contributed by atoms with E-state index in [1.807, 2.05) is 19.9 Å². The largest absolute Gasteiger partial charge is 0.272 e. The first-order valence-corrected chi connectivity index (χ1v) is 5.02. The molecule has 1 aromatic carbocycles. The van der Waals surface area contributed by atoms with Crippen LogP contribution in [0.3, 0.4) is 0 Å². The summed E-state index contributed by atoms with van der Waals surface area (Å²) in [4.78, 5) is 11.8. The Labute approximate surface area is 93.8 Å². The fourth-order valence-electron chi connectivity index (χ4n) is 1.55. The van der Waals surface area contributed by atoms with Crippen molar-refractivity contribution in [2.24, 2.45) is 11.0 Å². The molecular formula is C12H11N3O. The highest BCUT2D eigenvalue weighted by Crippen LogP contribution is 2.24. The van der Waals surface area contributed by atoms with Gasteiger partial charge in [-0.2, -0.15) is 10.4 Å². The molecule has 80 valence electrons. The molecule has 1 aromatic rings. The number of anilines is 1. The molecule has 0 saturated heterocycles. The van der Waals surface area contributed by atoms with Gasteiger partial charge in [0.2, 0.25) is 0 Å². The normalized spacial score (nSPS) is 19.6. The lowest BCUT2D eigenvalue weighted by Gasteiger charge is -2.12. The van der Waals surface area contributed by atoms with Gasteiger partial charge in [0.15, 0.2) is 0 Å². The number of amides is 1. The minimum atomic E-state index is -0.175. The maximum absolute atomic E-state index is 11.8. The van der Waals surface area contributed by atoms with Crippen LogP contribution in [0.25, 0.3) is 0 Å². The highest BCUT2D eigenvalue weighted by Gasteiger charge is 2.30. The summed E-state index contributed by atoms with van der Waals surface area (Å²) >= 11 is 0. The monoisotopic (exact) mass is 213 g/mol. The first-order valence-electron chi connectivity index (χ1n) is 5.02. The first kappa shape index (κ1) is 10.4. The van der Waals surface area contributed by atoms with Gasteiger partial charge >= 0.3 is 0 Å². The highest BCUT2D eigenvalue weighted by atomic mass is 16.2. The topological polar surface area (TPSA) is 56.5 Å². The van der Waals surface area contributed by atoms with E-state index in [1.54, 1.807) is 24.3 Å². The minimum absolute atomic E-state index is 0.0485. The third kappa shape index (κ3) is 1.57. The second-order valence-electron chi connectivity index (χ2n) is 3.78. The van der Waals surface area contributed by atoms with E-state index in [2.05, 4.69) is 5.10 Å². The summed E-state index contributed by atoms with van der Waals surface area (Å²) in [6.07, 6.45) is 0. The molecule has 4 nitrogen and oxygen atoms in total. The molecule has 16 heavy (non-hydrogen) atoms. The van der Waals surface area contributed by atoms with Gasteiger partial charge < -0.3 is 0 Å². The molecule has 0 aliphatic carbocycles. The lowest BCUT2D eigenvalue weighted by Crippen LogP contribution is -2.25. The maximum atomic E-state index is 11.8. The van der Waals surface area contributed by atoms with Crippen LogP contribution in [0.2, 0.25) is 0 Å². The van der Waals surface area contributed by atoms with Crippen molar-refractivity contribution in [3.05, 3.63) is 29.8 Å². The van der Waals surface area contributed by atoms with Gasteiger partial charge in [0, 0.05) is 5.71 Å².